The Morgan fingerprint density at radius 1 is 1.32 bits per heavy atom. The molecule has 1 aromatic heterocycles. The third-order valence-electron chi connectivity index (χ3n) is 4.25. The SMILES string of the molecule is CN1C[C@H](c2cc(Cl)nn2C)[C@@H](C(=O)Nc2ccc(F)cc2F)C1=O. The number of amides is 2. The van der Waals surface area contributed by atoms with E-state index in [9.17, 15) is 18.4 Å². The monoisotopic (exact) mass is 368 g/mol. The van der Waals surface area contributed by atoms with Crippen molar-refractivity contribution >= 4 is 29.1 Å². The summed E-state index contributed by atoms with van der Waals surface area (Å²) in [5.41, 5.74) is 0.443. The molecule has 9 heteroatoms. The highest BCUT2D eigenvalue weighted by Gasteiger charge is 2.45. The Labute approximate surface area is 147 Å². The molecular formula is C16H15ClF2N4O2. The van der Waals surface area contributed by atoms with Crippen molar-refractivity contribution in [2.45, 2.75) is 5.92 Å². The molecule has 2 atom stereocenters. The van der Waals surface area contributed by atoms with Crippen LogP contribution in [0.4, 0.5) is 14.5 Å². The summed E-state index contributed by atoms with van der Waals surface area (Å²) in [5.74, 6) is -4.25. The first-order chi connectivity index (χ1) is 11.8. The van der Waals surface area contributed by atoms with Gasteiger partial charge in [0, 0.05) is 38.3 Å². The predicted molar refractivity (Wildman–Crippen MR) is 87.1 cm³/mol. The second kappa shape index (κ2) is 6.44. The van der Waals surface area contributed by atoms with E-state index in [2.05, 4.69) is 10.4 Å². The molecular weight excluding hydrogens is 354 g/mol. The third kappa shape index (κ3) is 3.21. The highest BCUT2D eigenvalue weighted by molar-refractivity contribution is 6.29. The summed E-state index contributed by atoms with van der Waals surface area (Å²) < 4.78 is 28.3. The smallest absolute Gasteiger partial charge is 0.237 e. The summed E-state index contributed by atoms with van der Waals surface area (Å²) in [5, 5.41) is 6.64. The van der Waals surface area contributed by atoms with E-state index in [1.54, 1.807) is 20.2 Å². The molecule has 0 aliphatic carbocycles. The van der Waals surface area contributed by atoms with E-state index in [0.717, 1.165) is 12.1 Å². The number of hydrogen-bond donors (Lipinski definition) is 1. The molecule has 1 fully saturated rings. The molecule has 0 unspecified atom stereocenters. The number of likely N-dealkylation sites (N-methyl/N-ethyl adjacent to an activating group) is 1. The van der Waals surface area contributed by atoms with Gasteiger partial charge in [-0.3, -0.25) is 14.3 Å². The van der Waals surface area contributed by atoms with Crippen molar-refractivity contribution in [2.24, 2.45) is 13.0 Å². The van der Waals surface area contributed by atoms with E-state index in [0.29, 0.717) is 18.3 Å². The minimum absolute atomic E-state index is 0.185. The van der Waals surface area contributed by atoms with Crippen molar-refractivity contribution in [3.05, 3.63) is 46.7 Å². The average Bonchev–Trinajstić information content (AvgIpc) is 3.01. The Bertz CT molecular complexity index is 855. The minimum Gasteiger partial charge on any atom is -0.344 e. The first-order valence-electron chi connectivity index (χ1n) is 7.48. The van der Waals surface area contributed by atoms with Gasteiger partial charge in [-0.2, -0.15) is 5.10 Å². The Morgan fingerprint density at radius 2 is 2.04 bits per heavy atom. The molecule has 3 rings (SSSR count). The zero-order valence-corrected chi connectivity index (χ0v) is 14.2. The van der Waals surface area contributed by atoms with E-state index in [-0.39, 0.29) is 16.7 Å². The van der Waals surface area contributed by atoms with Crippen LogP contribution in [0.5, 0.6) is 0 Å². The second-order valence-electron chi connectivity index (χ2n) is 5.93. The van der Waals surface area contributed by atoms with E-state index in [1.165, 1.54) is 9.58 Å². The van der Waals surface area contributed by atoms with Crippen LogP contribution in [0.25, 0.3) is 0 Å². The van der Waals surface area contributed by atoms with Gasteiger partial charge < -0.3 is 10.2 Å². The van der Waals surface area contributed by atoms with Gasteiger partial charge in [0.25, 0.3) is 0 Å². The second-order valence-corrected chi connectivity index (χ2v) is 6.32. The number of nitrogens with zero attached hydrogens (tertiary/aromatic N) is 3. The summed E-state index contributed by atoms with van der Waals surface area (Å²) >= 11 is 5.89. The third-order valence-corrected chi connectivity index (χ3v) is 4.44. The number of likely N-dealkylation sites (tertiary alicyclic amines) is 1. The van der Waals surface area contributed by atoms with Gasteiger partial charge in [0.15, 0.2) is 5.15 Å². The average molecular weight is 369 g/mol. The lowest BCUT2D eigenvalue weighted by atomic mass is 9.91. The van der Waals surface area contributed by atoms with Gasteiger partial charge in [-0.05, 0) is 18.2 Å². The fourth-order valence-corrected chi connectivity index (χ4v) is 3.28. The predicted octanol–water partition coefficient (Wildman–Crippen LogP) is 2.16. The van der Waals surface area contributed by atoms with Crippen LogP contribution in [0.3, 0.4) is 0 Å². The number of rotatable bonds is 3. The number of carbonyl (C=O) groups is 2. The lowest BCUT2D eigenvalue weighted by molar-refractivity contribution is -0.135. The van der Waals surface area contributed by atoms with E-state index in [1.807, 2.05) is 0 Å². The standard InChI is InChI=1S/C16H15ClF2N4O2/c1-22-7-9(12-6-13(17)21-23(12)2)14(16(22)25)15(24)20-11-4-3-8(18)5-10(11)19/h3-6,9,14H,7H2,1-2H3,(H,20,24)/t9-,14+/m1/s1. The Hall–Kier alpha value is -2.48. The number of halogens is 3. The van der Waals surface area contributed by atoms with Crippen LogP contribution in [-0.2, 0) is 16.6 Å². The molecule has 0 bridgehead atoms. The molecule has 2 heterocycles. The zero-order valence-electron chi connectivity index (χ0n) is 13.5. The van der Waals surface area contributed by atoms with E-state index >= 15 is 0 Å². The summed E-state index contributed by atoms with van der Waals surface area (Å²) in [4.78, 5) is 26.5. The molecule has 0 radical (unpaired) electrons. The molecule has 0 saturated carbocycles. The zero-order chi connectivity index (χ0) is 18.3. The van der Waals surface area contributed by atoms with Crippen LogP contribution in [0.15, 0.2) is 24.3 Å². The fraction of sp³-hybridized carbons (Fsp3) is 0.312. The number of carbonyl (C=O) groups excluding carboxylic acids is 2. The van der Waals surface area contributed by atoms with Crippen LogP contribution in [0.1, 0.15) is 11.6 Å². The minimum atomic E-state index is -1.05. The van der Waals surface area contributed by atoms with E-state index < -0.39 is 29.4 Å². The van der Waals surface area contributed by atoms with Gasteiger partial charge >= 0.3 is 0 Å². The molecule has 1 aliphatic rings. The molecule has 2 aromatic rings. The molecule has 1 aromatic carbocycles. The molecule has 0 spiro atoms. The number of aromatic nitrogens is 2. The summed E-state index contributed by atoms with van der Waals surface area (Å²) in [6.07, 6.45) is 0. The van der Waals surface area contributed by atoms with Crippen molar-refractivity contribution in [1.82, 2.24) is 14.7 Å². The maximum atomic E-state index is 13.8. The van der Waals surface area contributed by atoms with Crippen molar-refractivity contribution in [2.75, 3.05) is 18.9 Å². The molecule has 1 aliphatic heterocycles. The topological polar surface area (TPSA) is 67.2 Å². The van der Waals surface area contributed by atoms with E-state index in [4.69, 9.17) is 11.6 Å². The fourth-order valence-electron chi connectivity index (χ4n) is 3.05. The van der Waals surface area contributed by atoms with Crippen molar-refractivity contribution in [1.29, 1.82) is 0 Å². The number of nitrogens with one attached hydrogen (secondary N) is 1. The van der Waals surface area contributed by atoms with Gasteiger partial charge in [-0.1, -0.05) is 11.6 Å². The quantitative estimate of drug-likeness (QED) is 0.844. The Balaban J connectivity index is 1.90. The number of aryl methyl sites for hydroxylation is 1. The summed E-state index contributed by atoms with van der Waals surface area (Å²) in [6.45, 7) is 0.304. The van der Waals surface area contributed by atoms with Crippen LogP contribution in [-0.4, -0.2) is 40.1 Å². The van der Waals surface area contributed by atoms with Crippen molar-refractivity contribution in [3.8, 4) is 0 Å². The van der Waals surface area contributed by atoms with Gasteiger partial charge in [0.2, 0.25) is 11.8 Å². The number of hydrogen-bond acceptors (Lipinski definition) is 3. The Kier molecular flexibility index (Phi) is 4.47. The van der Waals surface area contributed by atoms with Gasteiger partial charge in [0.1, 0.15) is 17.6 Å². The normalized spacial score (nSPS) is 20.2. The van der Waals surface area contributed by atoms with Crippen LogP contribution in [0.2, 0.25) is 5.15 Å². The van der Waals surface area contributed by atoms with Gasteiger partial charge in [0.05, 0.1) is 5.69 Å². The highest BCUT2D eigenvalue weighted by Crippen LogP contribution is 2.34. The van der Waals surface area contributed by atoms with Crippen LogP contribution < -0.4 is 5.32 Å². The highest BCUT2D eigenvalue weighted by atomic mass is 35.5. The van der Waals surface area contributed by atoms with Gasteiger partial charge in [-0.25, -0.2) is 8.78 Å². The largest absolute Gasteiger partial charge is 0.344 e. The molecule has 1 N–H and O–H groups in total. The lowest BCUT2D eigenvalue weighted by Gasteiger charge is -2.17. The lowest BCUT2D eigenvalue weighted by Crippen LogP contribution is -2.33. The summed E-state index contributed by atoms with van der Waals surface area (Å²) in [6, 6.07) is 4.40. The van der Waals surface area contributed by atoms with Crippen molar-refractivity contribution in [3.63, 3.8) is 0 Å². The Morgan fingerprint density at radius 3 is 2.64 bits per heavy atom. The maximum Gasteiger partial charge on any atom is 0.237 e. The molecule has 132 valence electrons. The first kappa shape index (κ1) is 17.3. The van der Waals surface area contributed by atoms with Crippen molar-refractivity contribution < 1.29 is 18.4 Å². The molecule has 25 heavy (non-hydrogen) atoms. The maximum absolute atomic E-state index is 13.8. The van der Waals surface area contributed by atoms with Crippen LogP contribution >= 0.6 is 11.6 Å². The molecule has 1 saturated heterocycles. The molecule has 2 amide bonds. The van der Waals surface area contributed by atoms with Crippen LogP contribution in [0, 0.1) is 17.6 Å². The molecule has 6 nitrogen and oxygen atoms in total. The number of benzene rings is 1. The first-order valence-corrected chi connectivity index (χ1v) is 7.86. The van der Waals surface area contributed by atoms with Gasteiger partial charge in [-0.15, -0.1) is 0 Å². The number of anilines is 1. The summed E-state index contributed by atoms with van der Waals surface area (Å²) in [7, 11) is 3.25.